The van der Waals surface area contributed by atoms with E-state index in [-0.39, 0.29) is 28.7 Å². The Labute approximate surface area is 252 Å². The fraction of sp³-hybridized carbons (Fsp3) is 0.469. The molecule has 10 nitrogen and oxygen atoms in total. The van der Waals surface area contributed by atoms with Crippen LogP contribution in [-0.4, -0.2) is 79.2 Å². The van der Waals surface area contributed by atoms with Crippen molar-refractivity contribution in [2.24, 2.45) is 0 Å². The number of hydrogen-bond acceptors (Lipinski definition) is 7. The molecule has 4 heterocycles. The Balaban J connectivity index is 1.48. The van der Waals surface area contributed by atoms with Crippen LogP contribution in [0.5, 0.6) is 0 Å². The number of hydrogen-bond donors (Lipinski definition) is 1. The van der Waals surface area contributed by atoms with Crippen molar-refractivity contribution in [1.29, 1.82) is 0 Å². The third-order valence-electron chi connectivity index (χ3n) is 9.00. The number of sulfonamides is 1. The molecule has 43 heavy (non-hydrogen) atoms. The topological polar surface area (TPSA) is 125 Å². The molecule has 2 aromatic carbocycles. The summed E-state index contributed by atoms with van der Waals surface area (Å²) in [6.07, 6.45) is 5.36. The number of rotatable bonds is 7. The van der Waals surface area contributed by atoms with Gasteiger partial charge in [0.15, 0.2) is 5.54 Å². The van der Waals surface area contributed by atoms with Crippen LogP contribution >= 0.6 is 0 Å². The Bertz CT molecular complexity index is 1570. The minimum atomic E-state index is -3.74. The second-order valence-electron chi connectivity index (χ2n) is 11.6. The van der Waals surface area contributed by atoms with Crippen LogP contribution in [0.15, 0.2) is 59.0 Å². The Kier molecular flexibility index (Phi) is 7.91. The number of nitrogens with zero attached hydrogens (tertiary/aromatic N) is 3. The summed E-state index contributed by atoms with van der Waals surface area (Å²) in [5.74, 6) is -2.83. The number of carbonyl (C=O) groups excluding carboxylic acids is 3. The third kappa shape index (κ3) is 4.69. The van der Waals surface area contributed by atoms with Gasteiger partial charge in [-0.2, -0.15) is 4.31 Å². The maximum Gasteiger partial charge on any atom is 0.296 e. The molecular weight excluding hydrogens is 570 g/mol. The smallest absolute Gasteiger partial charge is 0.296 e. The predicted octanol–water partition coefficient (Wildman–Crippen LogP) is 3.76. The molecule has 0 aromatic heterocycles. The van der Waals surface area contributed by atoms with E-state index in [1.54, 1.807) is 29.2 Å². The quantitative estimate of drug-likeness (QED) is 0.289. The van der Waals surface area contributed by atoms with Crippen molar-refractivity contribution in [3.8, 4) is 0 Å². The van der Waals surface area contributed by atoms with Crippen molar-refractivity contribution in [2.45, 2.75) is 68.4 Å². The van der Waals surface area contributed by atoms with Crippen LogP contribution in [0.4, 0.5) is 5.69 Å². The van der Waals surface area contributed by atoms with Gasteiger partial charge in [-0.1, -0.05) is 38.0 Å². The standard InChI is InChI=1S/C32H37N3O7S/c1-2-17-34-26-12-6-5-11-25(26)32(31(34)39)27(29(37)30(38)35(32)21-23-10-9-20-42-23)28(36)22-13-15-24(16-14-22)43(40,41)33-18-7-3-4-8-19-33/h5-6,11-16,23,36H,2-4,7-10,17-21H2,1H3/b28-27+. The van der Waals surface area contributed by atoms with E-state index in [1.807, 2.05) is 6.92 Å². The van der Waals surface area contributed by atoms with Crippen molar-refractivity contribution in [3.05, 3.63) is 65.2 Å². The zero-order valence-corrected chi connectivity index (χ0v) is 25.1. The van der Waals surface area contributed by atoms with E-state index in [1.165, 1.54) is 33.5 Å². The van der Waals surface area contributed by atoms with Gasteiger partial charge in [0.1, 0.15) is 5.76 Å². The first-order valence-electron chi connectivity index (χ1n) is 15.2. The van der Waals surface area contributed by atoms with E-state index < -0.39 is 38.9 Å². The van der Waals surface area contributed by atoms with Crippen LogP contribution < -0.4 is 4.90 Å². The summed E-state index contributed by atoms with van der Waals surface area (Å²) in [4.78, 5) is 45.0. The largest absolute Gasteiger partial charge is 0.507 e. The highest BCUT2D eigenvalue weighted by Crippen LogP contribution is 2.54. The predicted molar refractivity (Wildman–Crippen MR) is 160 cm³/mol. The van der Waals surface area contributed by atoms with Gasteiger partial charge < -0.3 is 19.6 Å². The summed E-state index contributed by atoms with van der Waals surface area (Å²) >= 11 is 0. The molecule has 1 spiro atoms. The molecule has 11 heteroatoms. The van der Waals surface area contributed by atoms with Gasteiger partial charge in [-0.3, -0.25) is 14.4 Å². The van der Waals surface area contributed by atoms with Crippen molar-refractivity contribution >= 4 is 39.1 Å². The lowest BCUT2D eigenvalue weighted by Crippen LogP contribution is -2.53. The molecular formula is C32H37N3O7S. The molecule has 228 valence electrons. The van der Waals surface area contributed by atoms with Gasteiger partial charge in [0.25, 0.3) is 17.6 Å². The molecule has 1 N–H and O–H groups in total. The molecule has 0 radical (unpaired) electrons. The second kappa shape index (κ2) is 11.5. The maximum atomic E-state index is 14.5. The SMILES string of the molecule is CCCN1C(=O)C2(/C(=C(/O)c3ccc(S(=O)(=O)N4CCCCCC4)cc3)C(=O)C(=O)N2CC2CCCO2)c2ccccc21. The second-order valence-corrected chi connectivity index (χ2v) is 13.6. The molecule has 2 amide bonds. The molecule has 0 bridgehead atoms. The summed E-state index contributed by atoms with van der Waals surface area (Å²) in [7, 11) is -3.74. The van der Waals surface area contributed by atoms with Crippen molar-refractivity contribution in [2.75, 3.05) is 37.7 Å². The van der Waals surface area contributed by atoms with Gasteiger partial charge >= 0.3 is 0 Å². The van der Waals surface area contributed by atoms with Crippen molar-refractivity contribution in [3.63, 3.8) is 0 Å². The van der Waals surface area contributed by atoms with Gasteiger partial charge in [-0.25, -0.2) is 8.42 Å². The van der Waals surface area contributed by atoms with Gasteiger partial charge in [0, 0.05) is 43.9 Å². The number of fused-ring (bicyclic) bond motifs is 2. The average molecular weight is 608 g/mol. The number of ether oxygens (including phenoxy) is 1. The van der Waals surface area contributed by atoms with E-state index in [0.29, 0.717) is 50.3 Å². The minimum absolute atomic E-state index is 0.0222. The average Bonchev–Trinajstić information content (AvgIpc) is 3.57. The highest BCUT2D eigenvalue weighted by molar-refractivity contribution is 7.89. The van der Waals surface area contributed by atoms with Gasteiger partial charge in [-0.15, -0.1) is 0 Å². The number of ketones is 1. The lowest BCUT2D eigenvalue weighted by atomic mass is 9.81. The molecule has 2 aromatic rings. The zero-order chi connectivity index (χ0) is 30.4. The van der Waals surface area contributed by atoms with Gasteiger partial charge in [-0.05, 0) is 62.4 Å². The molecule has 4 aliphatic heterocycles. The summed E-state index contributed by atoms with van der Waals surface area (Å²) in [6.45, 7) is 3.76. The van der Waals surface area contributed by atoms with Crippen molar-refractivity contribution in [1.82, 2.24) is 9.21 Å². The Morgan fingerprint density at radius 1 is 0.977 bits per heavy atom. The molecule has 2 atom stereocenters. The fourth-order valence-corrected chi connectivity index (χ4v) is 8.43. The van der Waals surface area contributed by atoms with E-state index >= 15 is 0 Å². The lowest BCUT2D eigenvalue weighted by Gasteiger charge is -2.35. The number of likely N-dealkylation sites (tertiary alicyclic amines) is 1. The van der Waals surface area contributed by atoms with Crippen LogP contribution in [-0.2, 0) is 34.7 Å². The molecule has 0 aliphatic carbocycles. The molecule has 4 aliphatic rings. The van der Waals surface area contributed by atoms with E-state index in [9.17, 15) is 27.9 Å². The first-order chi connectivity index (χ1) is 20.7. The third-order valence-corrected chi connectivity index (χ3v) is 10.9. The number of Topliss-reactive ketones (excluding diaryl/α,β-unsaturated/α-hetero) is 1. The van der Waals surface area contributed by atoms with E-state index in [4.69, 9.17) is 4.74 Å². The van der Waals surface area contributed by atoms with Crippen LogP contribution in [0.1, 0.15) is 63.0 Å². The number of carbonyl (C=O) groups is 3. The number of anilines is 1. The number of benzene rings is 2. The molecule has 3 saturated heterocycles. The highest BCUT2D eigenvalue weighted by Gasteiger charge is 2.67. The fourth-order valence-electron chi connectivity index (χ4n) is 6.91. The van der Waals surface area contributed by atoms with Crippen LogP contribution in [0.3, 0.4) is 0 Å². The van der Waals surface area contributed by atoms with E-state index in [0.717, 1.165) is 32.1 Å². The Morgan fingerprint density at radius 3 is 2.33 bits per heavy atom. The summed E-state index contributed by atoms with van der Waals surface area (Å²) in [6, 6.07) is 12.7. The number of amides is 2. The zero-order valence-electron chi connectivity index (χ0n) is 24.3. The van der Waals surface area contributed by atoms with Gasteiger partial charge in [0.2, 0.25) is 10.0 Å². The first-order valence-corrected chi connectivity index (χ1v) is 16.6. The minimum Gasteiger partial charge on any atom is -0.507 e. The molecule has 3 fully saturated rings. The Hall–Kier alpha value is -3.54. The maximum absolute atomic E-state index is 14.5. The highest BCUT2D eigenvalue weighted by atomic mass is 32.2. The molecule has 2 unspecified atom stereocenters. The number of aliphatic hydroxyl groups excluding tert-OH is 1. The monoisotopic (exact) mass is 607 g/mol. The summed E-state index contributed by atoms with van der Waals surface area (Å²) in [5.41, 5.74) is -1.00. The van der Waals surface area contributed by atoms with Gasteiger partial charge in [0.05, 0.1) is 22.3 Å². The lowest BCUT2D eigenvalue weighted by molar-refractivity contribution is -0.145. The van der Waals surface area contributed by atoms with Crippen LogP contribution in [0.2, 0.25) is 0 Å². The van der Waals surface area contributed by atoms with E-state index in [2.05, 4.69) is 0 Å². The van der Waals surface area contributed by atoms with Crippen LogP contribution in [0.25, 0.3) is 5.76 Å². The van der Waals surface area contributed by atoms with Crippen molar-refractivity contribution < 1.29 is 32.6 Å². The normalized spacial score (nSPS) is 26.0. The Morgan fingerprint density at radius 2 is 1.67 bits per heavy atom. The first kappa shape index (κ1) is 29.5. The molecule has 0 saturated carbocycles. The number of aliphatic hydroxyl groups is 1. The summed E-state index contributed by atoms with van der Waals surface area (Å²) in [5, 5.41) is 11.8. The molecule has 6 rings (SSSR count). The summed E-state index contributed by atoms with van der Waals surface area (Å²) < 4.78 is 34.0. The number of para-hydroxylation sites is 1. The van der Waals surface area contributed by atoms with Crippen LogP contribution in [0, 0.1) is 0 Å².